The van der Waals surface area contributed by atoms with Gasteiger partial charge >= 0.3 is 6.18 Å². The summed E-state index contributed by atoms with van der Waals surface area (Å²) < 4.78 is 64.0. The van der Waals surface area contributed by atoms with Crippen molar-refractivity contribution in [3.8, 4) is 0 Å². The monoisotopic (exact) mass is 434 g/mol. The van der Waals surface area contributed by atoms with Crippen LogP contribution in [0.25, 0.3) is 0 Å². The number of carbonyl (C=O) groups is 1. The molecule has 0 fully saturated rings. The molecule has 1 N–H and O–H groups in total. The second-order valence-electron chi connectivity index (χ2n) is 6.25. The van der Waals surface area contributed by atoms with Crippen molar-refractivity contribution >= 4 is 38.9 Å². The van der Waals surface area contributed by atoms with E-state index in [0.29, 0.717) is 6.07 Å². The highest BCUT2D eigenvalue weighted by Crippen LogP contribution is 2.34. The van der Waals surface area contributed by atoms with Crippen LogP contribution in [0, 0.1) is 6.92 Å². The first-order valence-electron chi connectivity index (χ1n) is 8.04. The van der Waals surface area contributed by atoms with E-state index < -0.39 is 33.7 Å². The number of amides is 1. The maximum atomic E-state index is 12.9. The van der Waals surface area contributed by atoms with E-state index in [4.69, 9.17) is 11.6 Å². The standard InChI is InChI=1S/C18H18ClF3N2O3S/c1-11-4-7-14(8-5-11)24(28(3,26)27)12(2)17(25)23-16-10-13(18(20,21)22)6-9-15(16)19/h4-10,12H,1-3H3,(H,23,25)/t12-/m1/s1. The Kier molecular flexibility index (Phi) is 6.30. The van der Waals surface area contributed by atoms with Gasteiger partial charge in [-0.25, -0.2) is 8.42 Å². The zero-order valence-corrected chi connectivity index (χ0v) is 16.8. The molecular formula is C18H18ClF3N2O3S. The summed E-state index contributed by atoms with van der Waals surface area (Å²) in [7, 11) is -3.85. The maximum absolute atomic E-state index is 12.9. The van der Waals surface area contributed by atoms with Crippen molar-refractivity contribution in [2.24, 2.45) is 0 Å². The van der Waals surface area contributed by atoms with Crippen LogP contribution in [0.3, 0.4) is 0 Å². The third kappa shape index (κ3) is 5.17. The Morgan fingerprint density at radius 3 is 2.21 bits per heavy atom. The molecule has 0 aromatic heterocycles. The van der Waals surface area contributed by atoms with Crippen LogP contribution in [0.4, 0.5) is 24.5 Å². The summed E-state index contributed by atoms with van der Waals surface area (Å²) in [4.78, 5) is 12.6. The molecule has 2 aromatic rings. The minimum Gasteiger partial charge on any atom is -0.323 e. The number of sulfonamides is 1. The zero-order valence-electron chi connectivity index (χ0n) is 15.2. The van der Waals surface area contributed by atoms with E-state index in [2.05, 4.69) is 5.32 Å². The highest BCUT2D eigenvalue weighted by Gasteiger charge is 2.32. The number of aryl methyl sites for hydroxylation is 1. The highest BCUT2D eigenvalue weighted by atomic mass is 35.5. The van der Waals surface area contributed by atoms with Crippen molar-refractivity contribution in [3.63, 3.8) is 0 Å². The molecule has 0 aliphatic rings. The molecule has 2 aromatic carbocycles. The topological polar surface area (TPSA) is 66.5 Å². The number of rotatable bonds is 5. The van der Waals surface area contributed by atoms with Crippen molar-refractivity contribution in [2.45, 2.75) is 26.1 Å². The lowest BCUT2D eigenvalue weighted by atomic mass is 10.1. The lowest BCUT2D eigenvalue weighted by Gasteiger charge is -2.28. The number of nitrogens with zero attached hydrogens (tertiary/aromatic N) is 1. The van der Waals surface area contributed by atoms with Crippen molar-refractivity contribution < 1.29 is 26.4 Å². The molecule has 0 aliphatic carbocycles. The predicted molar refractivity (Wildman–Crippen MR) is 103 cm³/mol. The van der Waals surface area contributed by atoms with E-state index in [1.807, 2.05) is 6.92 Å². The third-order valence-electron chi connectivity index (χ3n) is 3.93. The second kappa shape index (κ2) is 8.00. The smallest absolute Gasteiger partial charge is 0.323 e. The van der Waals surface area contributed by atoms with Gasteiger partial charge in [-0.2, -0.15) is 13.2 Å². The molecule has 28 heavy (non-hydrogen) atoms. The molecule has 0 radical (unpaired) electrons. The predicted octanol–water partition coefficient (Wildman–Crippen LogP) is 4.46. The Hall–Kier alpha value is -2.26. The molecule has 0 bridgehead atoms. The number of anilines is 2. The van der Waals surface area contributed by atoms with Gasteiger partial charge in [0, 0.05) is 0 Å². The van der Waals surface area contributed by atoms with Crippen LogP contribution in [-0.2, 0) is 21.0 Å². The summed E-state index contributed by atoms with van der Waals surface area (Å²) in [5.74, 6) is -0.827. The van der Waals surface area contributed by atoms with Gasteiger partial charge in [0.1, 0.15) is 6.04 Å². The van der Waals surface area contributed by atoms with Crippen molar-refractivity contribution in [3.05, 3.63) is 58.6 Å². The van der Waals surface area contributed by atoms with E-state index in [9.17, 15) is 26.4 Å². The number of halogens is 4. The van der Waals surface area contributed by atoms with Gasteiger partial charge in [-0.15, -0.1) is 0 Å². The molecule has 0 spiro atoms. The first-order valence-corrected chi connectivity index (χ1v) is 10.3. The first kappa shape index (κ1) is 22.0. The van der Waals surface area contributed by atoms with Gasteiger partial charge in [-0.05, 0) is 44.2 Å². The summed E-state index contributed by atoms with van der Waals surface area (Å²) in [5.41, 5.74) is -0.0972. The fourth-order valence-electron chi connectivity index (χ4n) is 2.54. The van der Waals surface area contributed by atoms with Crippen molar-refractivity contribution in [2.75, 3.05) is 15.9 Å². The molecule has 0 saturated heterocycles. The van der Waals surface area contributed by atoms with Gasteiger partial charge in [-0.3, -0.25) is 9.10 Å². The minimum absolute atomic E-state index is 0.102. The van der Waals surface area contributed by atoms with Crippen LogP contribution in [-0.4, -0.2) is 26.6 Å². The molecule has 0 unspecified atom stereocenters. The van der Waals surface area contributed by atoms with E-state index in [1.54, 1.807) is 12.1 Å². The fourth-order valence-corrected chi connectivity index (χ4v) is 3.87. The summed E-state index contributed by atoms with van der Waals surface area (Å²) in [6.07, 6.45) is -3.68. The Labute approximate surface area is 166 Å². The molecule has 1 atom stereocenters. The molecule has 0 heterocycles. The molecule has 10 heteroatoms. The van der Waals surface area contributed by atoms with Gasteiger partial charge in [0.25, 0.3) is 0 Å². The maximum Gasteiger partial charge on any atom is 0.416 e. The third-order valence-corrected chi connectivity index (χ3v) is 5.50. The minimum atomic E-state index is -4.61. The van der Waals surface area contributed by atoms with Crippen LogP contribution in [0.15, 0.2) is 42.5 Å². The van der Waals surface area contributed by atoms with Crippen molar-refractivity contribution in [1.82, 2.24) is 0 Å². The molecule has 2 rings (SSSR count). The van der Waals surface area contributed by atoms with E-state index >= 15 is 0 Å². The van der Waals surface area contributed by atoms with E-state index in [-0.39, 0.29) is 16.4 Å². The quantitative estimate of drug-likeness (QED) is 0.755. The van der Waals surface area contributed by atoms with Crippen LogP contribution >= 0.6 is 11.6 Å². The Morgan fingerprint density at radius 1 is 1.14 bits per heavy atom. The van der Waals surface area contributed by atoms with E-state index in [1.165, 1.54) is 19.1 Å². The largest absolute Gasteiger partial charge is 0.416 e. The molecule has 0 aliphatic heterocycles. The summed E-state index contributed by atoms with van der Waals surface area (Å²) >= 11 is 5.89. The van der Waals surface area contributed by atoms with Crippen LogP contribution in [0.5, 0.6) is 0 Å². The highest BCUT2D eigenvalue weighted by molar-refractivity contribution is 7.92. The van der Waals surface area contributed by atoms with Crippen LogP contribution in [0.1, 0.15) is 18.1 Å². The van der Waals surface area contributed by atoms with Crippen LogP contribution in [0.2, 0.25) is 5.02 Å². The average molecular weight is 435 g/mol. The molecule has 152 valence electrons. The first-order chi connectivity index (χ1) is 12.8. The van der Waals surface area contributed by atoms with Gasteiger partial charge in [0.05, 0.1) is 28.2 Å². The molecule has 0 saturated carbocycles. The SMILES string of the molecule is Cc1ccc(N([C@H](C)C(=O)Nc2cc(C(F)(F)F)ccc2Cl)S(C)(=O)=O)cc1. The van der Waals surface area contributed by atoms with Crippen molar-refractivity contribution in [1.29, 1.82) is 0 Å². The van der Waals surface area contributed by atoms with Gasteiger partial charge in [0.15, 0.2) is 0 Å². The number of hydrogen-bond acceptors (Lipinski definition) is 3. The van der Waals surface area contributed by atoms with Gasteiger partial charge in [0.2, 0.25) is 15.9 Å². The molecule has 1 amide bonds. The zero-order chi connectivity index (χ0) is 21.3. The second-order valence-corrected chi connectivity index (χ2v) is 8.52. The summed E-state index contributed by atoms with van der Waals surface area (Å²) in [6.45, 7) is 3.15. The average Bonchev–Trinajstić information content (AvgIpc) is 2.56. The van der Waals surface area contributed by atoms with Gasteiger partial charge < -0.3 is 5.32 Å². The molecule has 5 nitrogen and oxygen atoms in total. The Balaban J connectivity index is 2.35. The summed E-state index contributed by atoms with van der Waals surface area (Å²) in [5, 5.41) is 2.18. The van der Waals surface area contributed by atoms with Crippen LogP contribution < -0.4 is 9.62 Å². The van der Waals surface area contributed by atoms with Gasteiger partial charge in [-0.1, -0.05) is 29.3 Å². The number of carbonyl (C=O) groups excluding carboxylic acids is 1. The number of nitrogens with one attached hydrogen (secondary N) is 1. The number of hydrogen-bond donors (Lipinski definition) is 1. The lowest BCUT2D eigenvalue weighted by molar-refractivity contribution is -0.137. The Morgan fingerprint density at radius 2 is 1.71 bits per heavy atom. The lowest BCUT2D eigenvalue weighted by Crippen LogP contribution is -2.45. The van der Waals surface area contributed by atoms with E-state index in [0.717, 1.165) is 28.3 Å². The normalized spacial score (nSPS) is 13.1. The fraction of sp³-hybridized carbons (Fsp3) is 0.278. The number of alkyl halides is 3. The Bertz CT molecular complexity index is 977. The number of benzene rings is 2. The molecular weight excluding hydrogens is 417 g/mol. The summed E-state index contributed by atoms with van der Waals surface area (Å²) in [6, 6.07) is 7.71.